The number of carbonyl (C=O) groups is 1. The number of aromatic nitrogens is 1. The molecule has 5 nitrogen and oxygen atoms in total. The first-order valence-electron chi connectivity index (χ1n) is 8.26. The molecule has 2 rings (SSSR count). The van der Waals surface area contributed by atoms with Crippen molar-refractivity contribution in [1.82, 2.24) is 9.88 Å². The van der Waals surface area contributed by atoms with Crippen molar-refractivity contribution in [3.63, 3.8) is 0 Å². The molecule has 1 aliphatic rings. The van der Waals surface area contributed by atoms with E-state index >= 15 is 0 Å². The normalized spacial score (nSPS) is 16.5. The Morgan fingerprint density at radius 3 is 2.30 bits per heavy atom. The number of rotatable bonds is 3. The first-order chi connectivity index (χ1) is 10.7. The Morgan fingerprint density at radius 2 is 1.78 bits per heavy atom. The molecular weight excluding hydrogens is 292 g/mol. The standard InChI is InChI=1S/C18H28N2O3/c1-13-10-15(11-14(2)19-13)12-22-16-6-8-20(9-7-16)17(21)23-18(3,4)5/h10-11,16H,6-9,12H2,1-5H3. The van der Waals surface area contributed by atoms with Crippen molar-refractivity contribution in [2.45, 2.75) is 65.8 Å². The summed E-state index contributed by atoms with van der Waals surface area (Å²) in [5.74, 6) is 0. The Bertz CT molecular complexity index is 523. The van der Waals surface area contributed by atoms with Crippen LogP contribution in [0.1, 0.15) is 50.6 Å². The lowest BCUT2D eigenvalue weighted by Gasteiger charge is -2.33. The van der Waals surface area contributed by atoms with Gasteiger partial charge in [0.2, 0.25) is 0 Å². The van der Waals surface area contributed by atoms with Crippen molar-refractivity contribution in [3.05, 3.63) is 29.1 Å². The maximum atomic E-state index is 12.0. The summed E-state index contributed by atoms with van der Waals surface area (Å²) in [6, 6.07) is 4.12. The second-order valence-corrected chi connectivity index (χ2v) is 7.24. The molecule has 128 valence electrons. The molecule has 1 amide bonds. The number of likely N-dealkylation sites (tertiary alicyclic amines) is 1. The van der Waals surface area contributed by atoms with Crippen molar-refractivity contribution in [3.8, 4) is 0 Å². The van der Waals surface area contributed by atoms with Gasteiger partial charge in [-0.25, -0.2) is 4.79 Å². The highest BCUT2D eigenvalue weighted by atomic mass is 16.6. The molecule has 1 aromatic rings. The third kappa shape index (κ3) is 5.82. The van der Waals surface area contributed by atoms with Crippen LogP contribution in [-0.2, 0) is 16.1 Å². The first-order valence-corrected chi connectivity index (χ1v) is 8.26. The van der Waals surface area contributed by atoms with Crippen LogP contribution in [0.15, 0.2) is 12.1 Å². The molecule has 0 aromatic carbocycles. The van der Waals surface area contributed by atoms with Crippen LogP contribution < -0.4 is 0 Å². The lowest BCUT2D eigenvalue weighted by Crippen LogP contribution is -2.43. The largest absolute Gasteiger partial charge is 0.444 e. The third-order valence-electron chi connectivity index (χ3n) is 3.72. The van der Waals surface area contributed by atoms with Gasteiger partial charge in [0, 0.05) is 24.5 Å². The van der Waals surface area contributed by atoms with Gasteiger partial charge in [0.1, 0.15) is 5.60 Å². The molecule has 0 spiro atoms. The number of amides is 1. The van der Waals surface area contributed by atoms with Crippen LogP contribution >= 0.6 is 0 Å². The Kier molecular flexibility index (Phi) is 5.63. The zero-order valence-corrected chi connectivity index (χ0v) is 14.9. The summed E-state index contributed by atoms with van der Waals surface area (Å²) in [6.07, 6.45) is 1.67. The number of piperidine rings is 1. The highest BCUT2D eigenvalue weighted by Crippen LogP contribution is 2.18. The van der Waals surface area contributed by atoms with Gasteiger partial charge in [-0.1, -0.05) is 0 Å². The number of hydrogen-bond acceptors (Lipinski definition) is 4. The highest BCUT2D eigenvalue weighted by molar-refractivity contribution is 5.68. The minimum Gasteiger partial charge on any atom is -0.444 e. The average molecular weight is 320 g/mol. The second-order valence-electron chi connectivity index (χ2n) is 7.24. The fourth-order valence-electron chi connectivity index (χ4n) is 2.75. The molecule has 2 heterocycles. The predicted octanol–water partition coefficient (Wildman–Crippen LogP) is 3.61. The Morgan fingerprint density at radius 1 is 1.22 bits per heavy atom. The summed E-state index contributed by atoms with van der Waals surface area (Å²) in [4.78, 5) is 18.2. The van der Waals surface area contributed by atoms with E-state index in [0.29, 0.717) is 19.7 Å². The van der Waals surface area contributed by atoms with Crippen LogP contribution in [0.2, 0.25) is 0 Å². The van der Waals surface area contributed by atoms with E-state index in [9.17, 15) is 4.79 Å². The van der Waals surface area contributed by atoms with Gasteiger partial charge in [-0.15, -0.1) is 0 Å². The minimum absolute atomic E-state index is 0.197. The van der Waals surface area contributed by atoms with E-state index in [1.54, 1.807) is 4.90 Å². The Hall–Kier alpha value is -1.62. The smallest absolute Gasteiger partial charge is 0.410 e. The molecule has 5 heteroatoms. The lowest BCUT2D eigenvalue weighted by atomic mass is 10.1. The number of hydrogen-bond donors (Lipinski definition) is 0. The van der Waals surface area contributed by atoms with Crippen molar-refractivity contribution < 1.29 is 14.3 Å². The monoisotopic (exact) mass is 320 g/mol. The molecule has 0 unspecified atom stereocenters. The lowest BCUT2D eigenvalue weighted by molar-refractivity contribution is -0.0170. The van der Waals surface area contributed by atoms with Crippen molar-refractivity contribution in [1.29, 1.82) is 0 Å². The quantitative estimate of drug-likeness (QED) is 0.853. The average Bonchev–Trinajstić information content (AvgIpc) is 2.43. The number of aryl methyl sites for hydroxylation is 2. The third-order valence-corrected chi connectivity index (χ3v) is 3.72. The second kappa shape index (κ2) is 7.30. The summed E-state index contributed by atoms with van der Waals surface area (Å²) in [5, 5.41) is 0. The number of carbonyl (C=O) groups excluding carboxylic acids is 1. The molecule has 0 saturated carbocycles. The molecule has 1 aromatic heterocycles. The van der Waals surface area contributed by atoms with Crippen LogP contribution in [0.25, 0.3) is 0 Å². The van der Waals surface area contributed by atoms with E-state index in [1.807, 2.05) is 34.6 Å². The van der Waals surface area contributed by atoms with Crippen LogP contribution in [-0.4, -0.2) is 40.8 Å². The zero-order valence-electron chi connectivity index (χ0n) is 14.9. The summed E-state index contributed by atoms with van der Waals surface area (Å²) in [7, 11) is 0. The van der Waals surface area contributed by atoms with Gasteiger partial charge in [-0.05, 0) is 65.2 Å². The van der Waals surface area contributed by atoms with E-state index in [1.165, 1.54) is 0 Å². The number of pyridine rings is 1. The zero-order chi connectivity index (χ0) is 17.0. The van der Waals surface area contributed by atoms with Crippen LogP contribution in [0.5, 0.6) is 0 Å². The molecule has 0 atom stereocenters. The first kappa shape index (κ1) is 17.7. The predicted molar refractivity (Wildman–Crippen MR) is 89.3 cm³/mol. The topological polar surface area (TPSA) is 51.7 Å². The fraction of sp³-hybridized carbons (Fsp3) is 0.667. The molecule has 0 bridgehead atoms. The Labute approximate surface area is 139 Å². The van der Waals surface area contributed by atoms with E-state index in [2.05, 4.69) is 17.1 Å². The Balaban J connectivity index is 1.77. The number of ether oxygens (including phenoxy) is 2. The van der Waals surface area contributed by atoms with Gasteiger partial charge in [0.05, 0.1) is 12.7 Å². The summed E-state index contributed by atoms with van der Waals surface area (Å²) in [5.41, 5.74) is 2.75. The summed E-state index contributed by atoms with van der Waals surface area (Å²) < 4.78 is 11.4. The van der Waals surface area contributed by atoms with E-state index in [0.717, 1.165) is 29.8 Å². The number of nitrogens with zero attached hydrogens (tertiary/aromatic N) is 2. The maximum absolute atomic E-state index is 12.0. The minimum atomic E-state index is -0.443. The molecule has 1 saturated heterocycles. The van der Waals surface area contributed by atoms with Crippen LogP contribution in [0.3, 0.4) is 0 Å². The summed E-state index contributed by atoms with van der Waals surface area (Å²) in [6.45, 7) is 11.6. The molecule has 0 radical (unpaired) electrons. The fourth-order valence-corrected chi connectivity index (χ4v) is 2.75. The SMILES string of the molecule is Cc1cc(COC2CCN(C(=O)OC(C)(C)C)CC2)cc(C)n1. The van der Waals surface area contributed by atoms with Gasteiger partial charge in [0.15, 0.2) is 0 Å². The maximum Gasteiger partial charge on any atom is 0.410 e. The molecule has 23 heavy (non-hydrogen) atoms. The van der Waals surface area contributed by atoms with Gasteiger partial charge in [0.25, 0.3) is 0 Å². The molecule has 1 aliphatic heterocycles. The van der Waals surface area contributed by atoms with Gasteiger partial charge >= 0.3 is 6.09 Å². The van der Waals surface area contributed by atoms with Crippen molar-refractivity contribution in [2.75, 3.05) is 13.1 Å². The van der Waals surface area contributed by atoms with Gasteiger partial charge in [-0.3, -0.25) is 4.98 Å². The van der Waals surface area contributed by atoms with E-state index in [-0.39, 0.29) is 12.2 Å². The highest BCUT2D eigenvalue weighted by Gasteiger charge is 2.27. The van der Waals surface area contributed by atoms with Crippen LogP contribution in [0.4, 0.5) is 4.79 Å². The van der Waals surface area contributed by atoms with Crippen molar-refractivity contribution in [2.24, 2.45) is 0 Å². The summed E-state index contributed by atoms with van der Waals surface area (Å²) >= 11 is 0. The van der Waals surface area contributed by atoms with Gasteiger partial charge < -0.3 is 14.4 Å². The molecule has 0 N–H and O–H groups in total. The molecule has 1 fully saturated rings. The molecule has 0 aliphatic carbocycles. The van der Waals surface area contributed by atoms with Crippen LogP contribution in [0, 0.1) is 13.8 Å². The van der Waals surface area contributed by atoms with E-state index in [4.69, 9.17) is 9.47 Å². The van der Waals surface area contributed by atoms with E-state index < -0.39 is 5.60 Å². The van der Waals surface area contributed by atoms with Crippen molar-refractivity contribution >= 4 is 6.09 Å². The molecular formula is C18H28N2O3. The van der Waals surface area contributed by atoms with Gasteiger partial charge in [-0.2, -0.15) is 0 Å².